The molecule has 0 bridgehead atoms. The topological polar surface area (TPSA) is 73.1 Å². The van der Waals surface area contributed by atoms with E-state index in [-0.39, 0.29) is 5.91 Å². The lowest BCUT2D eigenvalue weighted by atomic mass is 10.1. The second-order valence-electron chi connectivity index (χ2n) is 6.42. The molecule has 140 valence electrons. The Balaban J connectivity index is 1.62. The predicted molar refractivity (Wildman–Crippen MR) is 101 cm³/mol. The molecule has 3 aromatic rings. The molecule has 0 aliphatic rings. The molecule has 7 nitrogen and oxygen atoms in total. The molecule has 0 radical (unpaired) electrons. The molecule has 0 aliphatic carbocycles. The van der Waals surface area contributed by atoms with Gasteiger partial charge in [0.15, 0.2) is 0 Å². The minimum atomic E-state index is -0.494. The predicted octanol–water partition coefficient (Wildman–Crippen LogP) is 2.30. The van der Waals surface area contributed by atoms with E-state index in [9.17, 15) is 4.79 Å². The lowest BCUT2D eigenvalue weighted by Gasteiger charge is -2.23. The first-order valence-corrected chi connectivity index (χ1v) is 8.84. The van der Waals surface area contributed by atoms with E-state index < -0.39 is 6.04 Å². The highest BCUT2D eigenvalue weighted by Gasteiger charge is 2.25. The van der Waals surface area contributed by atoms with Crippen LogP contribution in [0.5, 0.6) is 5.75 Å². The highest BCUT2D eigenvalue weighted by molar-refractivity contribution is 5.80. The van der Waals surface area contributed by atoms with Crippen LogP contribution in [0.2, 0.25) is 0 Å². The van der Waals surface area contributed by atoms with E-state index in [1.54, 1.807) is 11.9 Å². The highest BCUT2D eigenvalue weighted by atomic mass is 16.5. The van der Waals surface area contributed by atoms with E-state index in [4.69, 9.17) is 4.74 Å². The molecule has 1 atom stereocenters. The summed E-state index contributed by atoms with van der Waals surface area (Å²) in [5.74, 6) is 0.746. The Bertz CT molecular complexity index is 852. The quantitative estimate of drug-likeness (QED) is 0.612. The number of benzene rings is 2. The van der Waals surface area contributed by atoms with Gasteiger partial charge in [0.05, 0.1) is 6.54 Å². The van der Waals surface area contributed by atoms with Gasteiger partial charge in [-0.25, -0.2) is 4.68 Å². The number of aromatic nitrogens is 4. The molecule has 1 amide bonds. The fourth-order valence-electron chi connectivity index (χ4n) is 2.81. The van der Waals surface area contributed by atoms with Crippen molar-refractivity contribution in [2.75, 3.05) is 20.2 Å². The molecule has 7 heteroatoms. The molecule has 0 saturated carbocycles. The van der Waals surface area contributed by atoms with Crippen molar-refractivity contribution in [1.29, 1.82) is 0 Å². The van der Waals surface area contributed by atoms with Crippen molar-refractivity contribution in [3.8, 4) is 5.75 Å². The molecular formula is C20H23N5O2. The summed E-state index contributed by atoms with van der Waals surface area (Å²) >= 11 is 0. The van der Waals surface area contributed by atoms with Crippen LogP contribution in [0.3, 0.4) is 0 Å². The number of aryl methyl sites for hydroxylation is 1. The number of hydrogen-bond donors (Lipinski definition) is 0. The maximum Gasteiger partial charge on any atom is 0.247 e. The van der Waals surface area contributed by atoms with Crippen molar-refractivity contribution in [2.45, 2.75) is 19.4 Å². The van der Waals surface area contributed by atoms with Crippen LogP contribution in [-0.4, -0.2) is 51.2 Å². The molecule has 2 aromatic carbocycles. The van der Waals surface area contributed by atoms with Gasteiger partial charge in [-0.05, 0) is 40.6 Å². The fourth-order valence-corrected chi connectivity index (χ4v) is 2.81. The first kappa shape index (κ1) is 18.6. The first-order chi connectivity index (χ1) is 13.1. The summed E-state index contributed by atoms with van der Waals surface area (Å²) in [6.07, 6.45) is 2.00. The van der Waals surface area contributed by atoms with Crippen molar-refractivity contribution < 1.29 is 9.53 Å². The summed E-state index contributed by atoms with van der Waals surface area (Å²) in [6.45, 7) is 2.91. The number of nitrogens with zero attached hydrogens (tertiary/aromatic N) is 5. The van der Waals surface area contributed by atoms with E-state index in [1.807, 2.05) is 61.5 Å². The van der Waals surface area contributed by atoms with Gasteiger partial charge in [-0.2, -0.15) is 0 Å². The fraction of sp³-hybridized carbons (Fsp3) is 0.300. The van der Waals surface area contributed by atoms with Crippen LogP contribution in [0.15, 0.2) is 60.9 Å². The zero-order chi connectivity index (χ0) is 19.1. The SMILES string of the molecule is Cc1cccc(OCCN(C)C(=O)C(Cc2ccccc2)n2cnnn2)c1. The molecule has 1 heterocycles. The second kappa shape index (κ2) is 8.93. The Morgan fingerprint density at radius 2 is 2.00 bits per heavy atom. The average molecular weight is 365 g/mol. The minimum Gasteiger partial charge on any atom is -0.492 e. The summed E-state index contributed by atoms with van der Waals surface area (Å²) in [5.41, 5.74) is 2.19. The number of amides is 1. The van der Waals surface area contributed by atoms with Crippen LogP contribution >= 0.6 is 0 Å². The molecule has 3 rings (SSSR count). The van der Waals surface area contributed by atoms with Crippen molar-refractivity contribution >= 4 is 5.91 Å². The van der Waals surface area contributed by atoms with Gasteiger partial charge in [0.1, 0.15) is 24.7 Å². The Hall–Kier alpha value is -3.22. The standard InChI is InChI=1S/C20H23N5O2/c1-16-7-6-10-18(13-16)27-12-11-24(2)20(26)19(25-15-21-22-23-25)14-17-8-4-3-5-9-17/h3-10,13,15,19H,11-12,14H2,1-2H3. The molecular weight excluding hydrogens is 342 g/mol. The molecule has 0 saturated heterocycles. The van der Waals surface area contributed by atoms with Gasteiger partial charge >= 0.3 is 0 Å². The smallest absolute Gasteiger partial charge is 0.247 e. The van der Waals surface area contributed by atoms with Crippen molar-refractivity contribution in [2.24, 2.45) is 0 Å². The molecule has 0 fully saturated rings. The lowest BCUT2D eigenvalue weighted by Crippen LogP contribution is -2.38. The van der Waals surface area contributed by atoms with Gasteiger partial charge in [-0.3, -0.25) is 4.79 Å². The Morgan fingerprint density at radius 3 is 2.70 bits per heavy atom. The molecule has 1 aromatic heterocycles. The van der Waals surface area contributed by atoms with E-state index in [2.05, 4.69) is 15.5 Å². The van der Waals surface area contributed by atoms with Gasteiger partial charge in [-0.15, -0.1) is 5.10 Å². The number of ether oxygens (including phenoxy) is 1. The number of carbonyl (C=O) groups excluding carboxylic acids is 1. The van der Waals surface area contributed by atoms with E-state index in [0.29, 0.717) is 19.6 Å². The summed E-state index contributed by atoms with van der Waals surface area (Å²) < 4.78 is 7.26. The van der Waals surface area contributed by atoms with Crippen LogP contribution in [-0.2, 0) is 11.2 Å². The summed E-state index contributed by atoms with van der Waals surface area (Å²) in [7, 11) is 1.77. The van der Waals surface area contributed by atoms with Gasteiger partial charge < -0.3 is 9.64 Å². The normalized spacial score (nSPS) is 11.8. The maximum absolute atomic E-state index is 13.0. The monoisotopic (exact) mass is 365 g/mol. The highest BCUT2D eigenvalue weighted by Crippen LogP contribution is 2.16. The average Bonchev–Trinajstić information content (AvgIpc) is 3.21. The summed E-state index contributed by atoms with van der Waals surface area (Å²) in [5, 5.41) is 11.3. The third-order valence-electron chi connectivity index (χ3n) is 4.30. The Kier molecular flexibility index (Phi) is 6.14. The molecule has 0 aliphatic heterocycles. The van der Waals surface area contributed by atoms with E-state index in [0.717, 1.165) is 16.9 Å². The van der Waals surface area contributed by atoms with E-state index >= 15 is 0 Å². The van der Waals surface area contributed by atoms with Gasteiger partial charge in [0.2, 0.25) is 5.91 Å². The summed E-state index contributed by atoms with van der Waals surface area (Å²) in [4.78, 5) is 14.7. The van der Waals surface area contributed by atoms with Crippen LogP contribution in [0.25, 0.3) is 0 Å². The molecule has 0 N–H and O–H groups in total. The largest absolute Gasteiger partial charge is 0.492 e. The van der Waals surface area contributed by atoms with Gasteiger partial charge in [0, 0.05) is 13.5 Å². The van der Waals surface area contributed by atoms with Crippen LogP contribution in [0, 0.1) is 6.92 Å². The van der Waals surface area contributed by atoms with Gasteiger partial charge in [-0.1, -0.05) is 42.5 Å². The molecule has 0 spiro atoms. The van der Waals surface area contributed by atoms with Crippen molar-refractivity contribution in [3.05, 3.63) is 72.1 Å². The molecule has 27 heavy (non-hydrogen) atoms. The minimum absolute atomic E-state index is 0.0565. The van der Waals surface area contributed by atoms with E-state index in [1.165, 1.54) is 11.0 Å². The third-order valence-corrected chi connectivity index (χ3v) is 4.30. The maximum atomic E-state index is 13.0. The number of carbonyl (C=O) groups is 1. The first-order valence-electron chi connectivity index (χ1n) is 8.84. The lowest BCUT2D eigenvalue weighted by molar-refractivity contribution is -0.134. The number of likely N-dealkylation sites (N-methyl/N-ethyl adjacent to an activating group) is 1. The van der Waals surface area contributed by atoms with Crippen molar-refractivity contribution in [3.63, 3.8) is 0 Å². The van der Waals surface area contributed by atoms with Gasteiger partial charge in [0.25, 0.3) is 0 Å². The summed E-state index contributed by atoms with van der Waals surface area (Å²) in [6, 6.07) is 17.2. The zero-order valence-corrected chi connectivity index (χ0v) is 15.5. The number of hydrogen-bond acceptors (Lipinski definition) is 5. The third kappa shape index (κ3) is 5.13. The van der Waals surface area contributed by atoms with Crippen LogP contribution in [0.1, 0.15) is 17.2 Å². The number of tetrazole rings is 1. The van der Waals surface area contributed by atoms with Crippen LogP contribution < -0.4 is 4.74 Å². The Morgan fingerprint density at radius 1 is 1.19 bits per heavy atom. The van der Waals surface area contributed by atoms with Crippen LogP contribution in [0.4, 0.5) is 0 Å². The second-order valence-corrected chi connectivity index (χ2v) is 6.42. The zero-order valence-electron chi connectivity index (χ0n) is 15.5. The Labute approximate surface area is 158 Å². The van der Waals surface area contributed by atoms with Crippen molar-refractivity contribution in [1.82, 2.24) is 25.1 Å². The number of rotatable bonds is 8. The molecule has 1 unspecified atom stereocenters.